The van der Waals surface area contributed by atoms with Crippen LogP contribution in [0.3, 0.4) is 0 Å². The lowest BCUT2D eigenvalue weighted by Gasteiger charge is -2.21. The normalized spacial score (nSPS) is 19.5. The standard InChI is InChI=1S/C24H30N4O2.2H2S/c1-16(24(30)28-12-6-9-22(28)25-2)13-18-15-26-21-11-10-19(14-20(18)21)27-23(29)17-7-4-3-5-8-17;;/h10-11,14-17,22,26H,3-9,12-13H2,1H3,(H,27,29);2*1H2/t16-,22+;;/m1../s1. The van der Waals surface area contributed by atoms with E-state index < -0.39 is 0 Å². The molecule has 174 valence electrons. The zero-order chi connectivity index (χ0) is 21.1. The number of aromatic amines is 1. The zero-order valence-corrected chi connectivity index (χ0v) is 20.6. The van der Waals surface area contributed by atoms with Crippen LogP contribution < -0.4 is 5.32 Å². The molecular weight excluding hydrogens is 440 g/mol. The van der Waals surface area contributed by atoms with Gasteiger partial charge in [-0.2, -0.15) is 27.0 Å². The van der Waals surface area contributed by atoms with Crippen molar-refractivity contribution < 1.29 is 9.59 Å². The first-order valence-electron chi connectivity index (χ1n) is 11.1. The minimum absolute atomic E-state index is 0. The monoisotopic (exact) mass is 474 g/mol. The molecule has 1 saturated carbocycles. The molecule has 0 bridgehead atoms. The number of benzene rings is 1. The molecule has 8 heteroatoms. The maximum absolute atomic E-state index is 12.9. The summed E-state index contributed by atoms with van der Waals surface area (Å²) in [6.07, 6.45) is 9.40. The van der Waals surface area contributed by atoms with Crippen molar-refractivity contribution in [3.05, 3.63) is 41.4 Å². The van der Waals surface area contributed by atoms with Crippen molar-refractivity contribution in [2.45, 2.75) is 64.5 Å². The Morgan fingerprint density at radius 3 is 2.66 bits per heavy atom. The average Bonchev–Trinajstić information content (AvgIpc) is 3.40. The van der Waals surface area contributed by atoms with Crippen LogP contribution in [0.4, 0.5) is 5.69 Å². The Morgan fingerprint density at radius 1 is 1.19 bits per heavy atom. The molecule has 0 spiro atoms. The van der Waals surface area contributed by atoms with Crippen molar-refractivity contribution in [3.8, 4) is 0 Å². The third-order valence-electron chi connectivity index (χ3n) is 6.61. The quantitative estimate of drug-likeness (QED) is 0.602. The van der Waals surface area contributed by atoms with E-state index in [1.165, 1.54) is 6.42 Å². The average molecular weight is 475 g/mol. The van der Waals surface area contributed by atoms with Gasteiger partial charge in [-0.05, 0) is 49.4 Å². The van der Waals surface area contributed by atoms with E-state index in [9.17, 15) is 9.59 Å². The van der Waals surface area contributed by atoms with Crippen LogP contribution >= 0.6 is 27.0 Å². The summed E-state index contributed by atoms with van der Waals surface area (Å²) in [5, 5.41) is 4.13. The molecule has 2 amide bonds. The molecule has 1 aliphatic carbocycles. The summed E-state index contributed by atoms with van der Waals surface area (Å²) in [4.78, 5) is 34.1. The second kappa shape index (κ2) is 11.7. The maximum Gasteiger partial charge on any atom is 0.300 e. The van der Waals surface area contributed by atoms with Crippen molar-refractivity contribution >= 4 is 55.4 Å². The molecule has 1 aromatic heterocycles. The van der Waals surface area contributed by atoms with E-state index in [1.54, 1.807) is 4.90 Å². The molecule has 32 heavy (non-hydrogen) atoms. The first kappa shape index (κ1) is 26.1. The Kier molecular flexibility index (Phi) is 9.53. The molecule has 6 nitrogen and oxygen atoms in total. The van der Waals surface area contributed by atoms with Crippen molar-refractivity contribution in [2.24, 2.45) is 11.8 Å². The largest absolute Gasteiger partial charge is 0.361 e. The first-order chi connectivity index (χ1) is 14.6. The second-order valence-corrected chi connectivity index (χ2v) is 8.79. The lowest BCUT2D eigenvalue weighted by atomic mass is 9.88. The van der Waals surface area contributed by atoms with Gasteiger partial charge in [0.2, 0.25) is 11.8 Å². The summed E-state index contributed by atoms with van der Waals surface area (Å²) in [5.41, 5.74) is 2.88. The van der Waals surface area contributed by atoms with E-state index >= 15 is 0 Å². The van der Waals surface area contributed by atoms with Gasteiger partial charge in [-0.25, -0.2) is 6.57 Å². The smallest absolute Gasteiger partial charge is 0.300 e. The molecule has 1 saturated heterocycles. The number of H-pyrrole nitrogens is 1. The summed E-state index contributed by atoms with van der Waals surface area (Å²) in [6, 6.07) is 5.93. The van der Waals surface area contributed by atoms with Crippen molar-refractivity contribution in [2.75, 3.05) is 11.9 Å². The van der Waals surface area contributed by atoms with Gasteiger partial charge in [-0.15, -0.1) is 0 Å². The Morgan fingerprint density at radius 2 is 1.94 bits per heavy atom. The van der Waals surface area contributed by atoms with E-state index in [2.05, 4.69) is 15.1 Å². The number of carbonyl (C=O) groups is 2. The van der Waals surface area contributed by atoms with Crippen LogP contribution in [0.1, 0.15) is 57.4 Å². The topological polar surface area (TPSA) is 69.6 Å². The van der Waals surface area contributed by atoms with Crippen molar-refractivity contribution in [1.29, 1.82) is 0 Å². The maximum atomic E-state index is 12.9. The molecule has 2 N–H and O–H groups in total. The zero-order valence-electron chi connectivity index (χ0n) is 18.6. The van der Waals surface area contributed by atoms with Crippen LogP contribution in [-0.2, 0) is 16.0 Å². The Bertz CT molecular complexity index is 978. The highest BCUT2D eigenvalue weighted by Gasteiger charge is 2.35. The van der Waals surface area contributed by atoms with Gasteiger partial charge in [0.05, 0.1) is 0 Å². The van der Waals surface area contributed by atoms with E-state index in [4.69, 9.17) is 6.57 Å². The van der Waals surface area contributed by atoms with Crippen LogP contribution in [0.25, 0.3) is 15.7 Å². The minimum Gasteiger partial charge on any atom is -0.361 e. The third kappa shape index (κ3) is 5.62. The van der Waals surface area contributed by atoms with Crippen LogP contribution in [0.2, 0.25) is 0 Å². The number of carbonyl (C=O) groups excluding carboxylic acids is 2. The van der Waals surface area contributed by atoms with Crippen molar-refractivity contribution in [3.63, 3.8) is 0 Å². The van der Waals surface area contributed by atoms with Crippen LogP contribution in [-0.4, -0.2) is 34.4 Å². The Balaban J connectivity index is 0.00000181. The molecule has 1 aliphatic heterocycles. The van der Waals surface area contributed by atoms with Gasteiger partial charge in [0.25, 0.3) is 0 Å². The van der Waals surface area contributed by atoms with Crippen LogP contribution in [0, 0.1) is 18.4 Å². The number of anilines is 1. The fourth-order valence-corrected chi connectivity index (χ4v) is 4.87. The van der Waals surface area contributed by atoms with Gasteiger partial charge in [0.1, 0.15) is 0 Å². The molecule has 2 fully saturated rings. The highest BCUT2D eigenvalue weighted by molar-refractivity contribution is 7.59. The highest BCUT2D eigenvalue weighted by atomic mass is 32.1. The predicted molar refractivity (Wildman–Crippen MR) is 138 cm³/mol. The molecule has 2 atom stereocenters. The summed E-state index contributed by atoms with van der Waals surface area (Å²) in [5.74, 6) is 0.110. The van der Waals surface area contributed by atoms with Gasteiger partial charge >= 0.3 is 6.17 Å². The summed E-state index contributed by atoms with van der Waals surface area (Å²) < 4.78 is 0. The second-order valence-electron chi connectivity index (χ2n) is 8.79. The van der Waals surface area contributed by atoms with E-state index in [1.807, 2.05) is 31.3 Å². The lowest BCUT2D eigenvalue weighted by Crippen LogP contribution is -2.38. The van der Waals surface area contributed by atoms with Gasteiger partial charge in [-0.3, -0.25) is 19.3 Å². The van der Waals surface area contributed by atoms with Crippen LogP contribution in [0.5, 0.6) is 0 Å². The highest BCUT2D eigenvalue weighted by Crippen LogP contribution is 2.29. The van der Waals surface area contributed by atoms with Gasteiger partial charge in [-0.1, -0.05) is 26.2 Å². The Hall–Kier alpha value is -2.11. The summed E-state index contributed by atoms with van der Waals surface area (Å²) in [7, 11) is 0. The number of hydrogen-bond donors (Lipinski definition) is 2. The SMILES string of the molecule is S.S.[C-]#[N+][C@@H]1CCCN1C(=O)[C@H](C)Cc1c[nH]c2ccc(NC(=O)C3CCCCC3)cc12. The van der Waals surface area contributed by atoms with Gasteiger partial charge in [0, 0.05) is 47.6 Å². The summed E-state index contributed by atoms with van der Waals surface area (Å²) in [6.45, 7) is 9.94. The van der Waals surface area contributed by atoms with Crippen molar-refractivity contribution in [1.82, 2.24) is 9.88 Å². The minimum atomic E-state index is -0.301. The predicted octanol–water partition coefficient (Wildman–Crippen LogP) is 4.96. The Labute approximate surface area is 204 Å². The number of hydrogen-bond acceptors (Lipinski definition) is 2. The molecule has 2 aromatic rings. The number of nitrogens with one attached hydrogen (secondary N) is 2. The fraction of sp³-hybridized carbons (Fsp3) is 0.542. The molecule has 0 radical (unpaired) electrons. The number of fused-ring (bicyclic) bond motifs is 1. The summed E-state index contributed by atoms with van der Waals surface area (Å²) >= 11 is 0. The number of likely N-dealkylation sites (tertiary alicyclic amines) is 1. The first-order valence-corrected chi connectivity index (χ1v) is 11.1. The number of nitrogens with zero attached hydrogens (tertiary/aromatic N) is 2. The van der Waals surface area contributed by atoms with E-state index in [0.717, 1.165) is 60.7 Å². The van der Waals surface area contributed by atoms with E-state index in [-0.39, 0.29) is 56.8 Å². The lowest BCUT2D eigenvalue weighted by molar-refractivity contribution is -0.135. The molecule has 1 aromatic carbocycles. The van der Waals surface area contributed by atoms with Crippen LogP contribution in [0.15, 0.2) is 24.4 Å². The molecule has 2 heterocycles. The van der Waals surface area contributed by atoms with Gasteiger partial charge in [0.15, 0.2) is 0 Å². The number of rotatable bonds is 5. The third-order valence-corrected chi connectivity index (χ3v) is 6.61. The molecule has 0 unspecified atom stereocenters. The molecule has 4 rings (SSSR count). The molecular formula is C24H34N4O2S2. The van der Waals surface area contributed by atoms with E-state index in [0.29, 0.717) is 13.0 Å². The molecule has 2 aliphatic rings. The van der Waals surface area contributed by atoms with Gasteiger partial charge < -0.3 is 10.3 Å². The number of amides is 2. The number of aromatic nitrogens is 1. The fourth-order valence-electron chi connectivity index (χ4n) is 4.87.